The van der Waals surface area contributed by atoms with E-state index in [0.717, 1.165) is 24.1 Å². The van der Waals surface area contributed by atoms with E-state index >= 15 is 0 Å². The van der Waals surface area contributed by atoms with Crippen molar-refractivity contribution < 1.29 is 14.3 Å². The zero-order valence-corrected chi connectivity index (χ0v) is 20.4. The Labute approximate surface area is 213 Å². The van der Waals surface area contributed by atoms with Crippen LogP contribution < -0.4 is 21.1 Å². The molecule has 190 valence electrons. The lowest BCUT2D eigenvalue weighted by Gasteiger charge is -2.25. The summed E-state index contributed by atoms with van der Waals surface area (Å²) in [5, 5.41) is 7.02. The van der Waals surface area contributed by atoms with Crippen molar-refractivity contribution in [1.82, 2.24) is 24.4 Å². The fourth-order valence-corrected chi connectivity index (χ4v) is 4.05. The summed E-state index contributed by atoms with van der Waals surface area (Å²) in [7, 11) is 1.54. The largest absolute Gasteiger partial charge is 0.494 e. The number of rotatable bonds is 8. The number of hydrogen-bond acceptors (Lipinski definition) is 9. The molecule has 11 nitrogen and oxygen atoms in total. The number of methoxy groups -OCH3 is 1. The molecule has 11 heteroatoms. The molecule has 0 radical (unpaired) electrons. The molecule has 1 saturated heterocycles. The number of amides is 1. The molecule has 0 spiro atoms. The molecule has 37 heavy (non-hydrogen) atoms. The predicted molar refractivity (Wildman–Crippen MR) is 142 cm³/mol. The van der Waals surface area contributed by atoms with Crippen molar-refractivity contribution >= 4 is 40.0 Å². The van der Waals surface area contributed by atoms with Gasteiger partial charge in [0.25, 0.3) is 0 Å². The van der Waals surface area contributed by atoms with Crippen LogP contribution in [-0.2, 0) is 9.53 Å². The molecule has 0 bridgehead atoms. The minimum Gasteiger partial charge on any atom is -0.494 e. The van der Waals surface area contributed by atoms with Crippen LogP contribution in [0.1, 0.15) is 0 Å². The average molecular weight is 501 g/mol. The average Bonchev–Trinajstić information content (AvgIpc) is 3.35. The third kappa shape index (κ3) is 5.68. The first-order valence-electron chi connectivity index (χ1n) is 11.9. The Morgan fingerprint density at radius 3 is 2.86 bits per heavy atom. The summed E-state index contributed by atoms with van der Waals surface area (Å²) in [5.41, 5.74) is 8.35. The highest BCUT2D eigenvalue weighted by Gasteiger charge is 2.13. The number of nitrogens with zero attached hydrogens (tertiary/aromatic N) is 5. The van der Waals surface area contributed by atoms with E-state index in [9.17, 15) is 4.79 Å². The molecular formula is C26H28N8O3. The zero-order chi connectivity index (χ0) is 25.6. The van der Waals surface area contributed by atoms with Crippen molar-refractivity contribution in [3.05, 3.63) is 67.1 Å². The Morgan fingerprint density at radius 1 is 1.16 bits per heavy atom. The lowest BCUT2D eigenvalue weighted by atomic mass is 10.2. The van der Waals surface area contributed by atoms with Gasteiger partial charge < -0.3 is 25.8 Å². The maximum atomic E-state index is 12.5. The zero-order valence-electron chi connectivity index (χ0n) is 20.4. The molecule has 1 aliphatic heterocycles. The first kappa shape index (κ1) is 24.2. The molecule has 4 heterocycles. The number of morpholine rings is 1. The highest BCUT2D eigenvalue weighted by molar-refractivity contribution is 6.02. The number of hydrogen-bond donors (Lipinski definition) is 3. The number of nitrogens with two attached hydrogens (primary N) is 1. The second kappa shape index (κ2) is 11.1. The van der Waals surface area contributed by atoms with Gasteiger partial charge >= 0.3 is 0 Å². The summed E-state index contributed by atoms with van der Waals surface area (Å²) in [5.74, 6) is 1.21. The molecule has 3 aromatic heterocycles. The van der Waals surface area contributed by atoms with Crippen molar-refractivity contribution in [2.45, 2.75) is 0 Å². The molecule has 0 aliphatic carbocycles. The molecule has 1 aliphatic rings. The van der Waals surface area contributed by atoms with E-state index in [0.29, 0.717) is 54.3 Å². The van der Waals surface area contributed by atoms with Crippen LogP contribution >= 0.6 is 0 Å². The van der Waals surface area contributed by atoms with Crippen molar-refractivity contribution in [2.75, 3.05) is 56.3 Å². The van der Waals surface area contributed by atoms with E-state index in [-0.39, 0.29) is 5.91 Å². The van der Waals surface area contributed by atoms with E-state index < -0.39 is 0 Å². The van der Waals surface area contributed by atoms with Gasteiger partial charge in [-0.2, -0.15) is 4.98 Å². The number of carbonyl (C=O) groups excluding carboxylic acids is 1. The van der Waals surface area contributed by atoms with E-state index in [2.05, 4.69) is 30.5 Å². The lowest BCUT2D eigenvalue weighted by molar-refractivity contribution is -0.111. The van der Waals surface area contributed by atoms with E-state index in [4.69, 9.17) is 15.2 Å². The monoisotopic (exact) mass is 500 g/mol. The number of benzene rings is 1. The molecular weight excluding hydrogens is 472 g/mol. The highest BCUT2D eigenvalue weighted by Crippen LogP contribution is 2.34. The van der Waals surface area contributed by atoms with Crippen molar-refractivity contribution in [1.29, 1.82) is 0 Å². The van der Waals surface area contributed by atoms with Crippen molar-refractivity contribution in [2.24, 2.45) is 0 Å². The third-order valence-electron chi connectivity index (χ3n) is 5.95. The topological polar surface area (TPSA) is 132 Å². The van der Waals surface area contributed by atoms with Crippen LogP contribution in [0.4, 0.5) is 23.0 Å². The van der Waals surface area contributed by atoms with Crippen LogP contribution in [0.3, 0.4) is 0 Å². The number of carbonyl (C=O) groups is 1. The predicted octanol–water partition coefficient (Wildman–Crippen LogP) is 2.98. The summed E-state index contributed by atoms with van der Waals surface area (Å²) in [6.45, 7) is 3.81. The summed E-state index contributed by atoms with van der Waals surface area (Å²) in [4.78, 5) is 28.2. The number of fused-ring (bicyclic) bond motifs is 1. The molecule has 0 atom stereocenters. The Kier molecular flexibility index (Phi) is 7.24. The minimum absolute atomic E-state index is 0.277. The SMILES string of the molecule is COc1cc(N)c(NC(=O)/C=C/CN2CCOCC2)cc1Nc1nccc(-n2ccc3cccnc32)n1. The van der Waals surface area contributed by atoms with Gasteiger partial charge in [-0.05, 0) is 30.3 Å². The van der Waals surface area contributed by atoms with Crippen molar-refractivity contribution in [3.63, 3.8) is 0 Å². The second-order valence-corrected chi connectivity index (χ2v) is 8.41. The van der Waals surface area contributed by atoms with Gasteiger partial charge in [0.2, 0.25) is 11.9 Å². The van der Waals surface area contributed by atoms with E-state index in [1.807, 2.05) is 35.0 Å². The van der Waals surface area contributed by atoms with Crippen LogP contribution in [0.25, 0.3) is 16.9 Å². The van der Waals surface area contributed by atoms with Gasteiger partial charge in [-0.15, -0.1) is 0 Å². The first-order chi connectivity index (χ1) is 18.1. The molecule has 4 aromatic rings. The molecule has 0 saturated carbocycles. The van der Waals surface area contributed by atoms with Gasteiger partial charge in [-0.1, -0.05) is 6.08 Å². The van der Waals surface area contributed by atoms with Gasteiger partial charge in [0.05, 0.1) is 37.4 Å². The van der Waals surface area contributed by atoms with Crippen LogP contribution in [0, 0.1) is 0 Å². The Balaban J connectivity index is 1.33. The number of pyridine rings is 1. The number of anilines is 4. The molecule has 1 aromatic carbocycles. The van der Waals surface area contributed by atoms with Gasteiger partial charge in [0.1, 0.15) is 17.2 Å². The standard InChI is InChI=1S/C26H28N8O3/c1-36-22-16-19(27)20(30-24(35)5-3-10-33-12-14-37-15-13-33)17-21(22)31-26-29-9-6-23(32-26)34-11-7-18-4-2-8-28-25(18)34/h2-9,11,16-17H,10,12-15,27H2,1H3,(H,30,35)(H,29,31,32)/b5-3+. The summed E-state index contributed by atoms with van der Waals surface area (Å²) >= 11 is 0. The molecule has 1 fully saturated rings. The van der Waals surface area contributed by atoms with Crippen LogP contribution in [-0.4, -0.2) is 70.3 Å². The fraction of sp³-hybridized carbons (Fsp3) is 0.231. The Hall–Kier alpha value is -4.48. The number of ether oxygens (including phenoxy) is 2. The maximum absolute atomic E-state index is 12.5. The van der Waals surface area contributed by atoms with Crippen molar-refractivity contribution in [3.8, 4) is 11.6 Å². The normalized spacial score (nSPS) is 14.2. The summed E-state index contributed by atoms with van der Waals surface area (Å²) < 4.78 is 12.7. The molecule has 4 N–H and O–H groups in total. The fourth-order valence-electron chi connectivity index (χ4n) is 4.05. The number of aromatic nitrogens is 4. The molecule has 1 amide bonds. The highest BCUT2D eigenvalue weighted by atomic mass is 16.5. The minimum atomic E-state index is -0.277. The van der Waals surface area contributed by atoms with Gasteiger partial charge in [-0.25, -0.2) is 9.97 Å². The van der Waals surface area contributed by atoms with Crippen LogP contribution in [0.5, 0.6) is 5.75 Å². The molecule has 0 unspecified atom stereocenters. The summed E-state index contributed by atoms with van der Waals surface area (Å²) in [6, 6.07) is 11.0. The van der Waals surface area contributed by atoms with Crippen LogP contribution in [0.2, 0.25) is 0 Å². The third-order valence-corrected chi connectivity index (χ3v) is 5.95. The van der Waals surface area contributed by atoms with Gasteiger partial charge in [0, 0.05) is 55.8 Å². The summed E-state index contributed by atoms with van der Waals surface area (Å²) in [6.07, 6.45) is 8.65. The molecule has 5 rings (SSSR count). The van der Waals surface area contributed by atoms with E-state index in [1.54, 1.807) is 37.7 Å². The quantitative estimate of drug-likeness (QED) is 0.247. The first-order valence-corrected chi connectivity index (χ1v) is 11.9. The second-order valence-electron chi connectivity index (χ2n) is 8.41. The lowest BCUT2D eigenvalue weighted by Crippen LogP contribution is -2.36. The number of nitrogens with one attached hydrogen (secondary N) is 2. The van der Waals surface area contributed by atoms with Gasteiger partial charge in [0.15, 0.2) is 0 Å². The number of nitrogen functional groups attached to an aromatic ring is 1. The van der Waals surface area contributed by atoms with E-state index in [1.165, 1.54) is 6.08 Å². The smallest absolute Gasteiger partial charge is 0.248 e. The van der Waals surface area contributed by atoms with Gasteiger partial charge in [-0.3, -0.25) is 14.3 Å². The maximum Gasteiger partial charge on any atom is 0.248 e. The van der Waals surface area contributed by atoms with Crippen LogP contribution in [0.15, 0.2) is 67.1 Å². The Morgan fingerprint density at radius 2 is 2.03 bits per heavy atom. The Bertz CT molecular complexity index is 1430.